The second-order valence-electron chi connectivity index (χ2n) is 6.80. The number of carbonyl (C=O) groups excluding carboxylic acids is 2. The molecule has 7 nitrogen and oxygen atoms in total. The number of hydrogen-bond acceptors (Lipinski definition) is 4. The topological polar surface area (TPSA) is 95.9 Å². The number of carboxylic acid groups (broad SMARTS) is 1. The third-order valence-corrected chi connectivity index (χ3v) is 4.71. The Morgan fingerprint density at radius 2 is 1.89 bits per heavy atom. The lowest BCUT2D eigenvalue weighted by Crippen LogP contribution is -2.45. The third-order valence-electron chi connectivity index (χ3n) is 4.71. The largest absolute Gasteiger partial charge is 0.479 e. The van der Waals surface area contributed by atoms with Crippen LogP contribution >= 0.6 is 0 Å². The average molecular weight is 382 g/mol. The zero-order valence-corrected chi connectivity index (χ0v) is 16.0. The molecule has 2 aromatic carbocycles. The summed E-state index contributed by atoms with van der Waals surface area (Å²) in [6.07, 6.45) is -0.543. The summed E-state index contributed by atoms with van der Waals surface area (Å²) in [7, 11) is 0. The van der Waals surface area contributed by atoms with E-state index in [2.05, 4.69) is 5.32 Å². The molecule has 2 N–H and O–H groups in total. The Bertz CT molecular complexity index is 954. The van der Waals surface area contributed by atoms with Gasteiger partial charge in [0, 0.05) is 18.7 Å². The van der Waals surface area contributed by atoms with E-state index in [0.29, 0.717) is 22.7 Å². The van der Waals surface area contributed by atoms with Gasteiger partial charge in [-0.1, -0.05) is 18.2 Å². The zero-order chi connectivity index (χ0) is 20.4. The van der Waals surface area contributed by atoms with Crippen molar-refractivity contribution in [2.75, 3.05) is 16.8 Å². The second-order valence-corrected chi connectivity index (χ2v) is 6.80. The van der Waals surface area contributed by atoms with Crippen LogP contribution in [0.15, 0.2) is 36.4 Å². The van der Waals surface area contributed by atoms with Gasteiger partial charge in [-0.05, 0) is 50.1 Å². The number of carboxylic acids is 1. The van der Waals surface area contributed by atoms with E-state index in [-0.39, 0.29) is 30.3 Å². The second kappa shape index (κ2) is 7.72. The molecule has 28 heavy (non-hydrogen) atoms. The summed E-state index contributed by atoms with van der Waals surface area (Å²) in [5.74, 6) is -0.938. The highest BCUT2D eigenvalue weighted by atomic mass is 16.5. The summed E-state index contributed by atoms with van der Waals surface area (Å²) in [5.41, 5.74) is 2.64. The molecule has 2 amide bonds. The molecule has 0 aromatic heterocycles. The molecule has 1 aliphatic rings. The Morgan fingerprint density at radius 1 is 1.18 bits per heavy atom. The van der Waals surface area contributed by atoms with Crippen molar-refractivity contribution in [3.05, 3.63) is 53.1 Å². The van der Waals surface area contributed by atoms with E-state index in [0.717, 1.165) is 5.56 Å². The number of nitrogens with zero attached hydrogens (tertiary/aromatic N) is 1. The lowest BCUT2D eigenvalue weighted by molar-refractivity contribution is -0.125. The van der Waals surface area contributed by atoms with Crippen LogP contribution in [0.3, 0.4) is 0 Å². The zero-order valence-electron chi connectivity index (χ0n) is 16.0. The number of hydrogen-bond donors (Lipinski definition) is 2. The molecule has 0 radical (unpaired) electrons. The SMILES string of the molecule is Cc1cc(C)c(C(=O)O)cc1NC(=O)CCN1C(=O)C(C)Oc2ccccc21. The predicted octanol–water partition coefficient (Wildman–Crippen LogP) is 3.14. The van der Waals surface area contributed by atoms with Gasteiger partial charge in [-0.25, -0.2) is 4.79 Å². The molecule has 146 valence electrons. The van der Waals surface area contributed by atoms with Crippen LogP contribution in [0, 0.1) is 13.8 Å². The molecule has 0 saturated heterocycles. The highest BCUT2D eigenvalue weighted by molar-refractivity contribution is 6.01. The van der Waals surface area contributed by atoms with Gasteiger partial charge in [0.05, 0.1) is 11.3 Å². The van der Waals surface area contributed by atoms with Gasteiger partial charge >= 0.3 is 5.97 Å². The number of carbonyl (C=O) groups is 3. The predicted molar refractivity (Wildman–Crippen MR) is 105 cm³/mol. The van der Waals surface area contributed by atoms with Gasteiger partial charge in [0.1, 0.15) is 5.75 Å². The molecule has 7 heteroatoms. The molecule has 1 heterocycles. The Balaban J connectivity index is 1.72. The number of aromatic carboxylic acids is 1. The van der Waals surface area contributed by atoms with Gasteiger partial charge in [-0.2, -0.15) is 0 Å². The maximum atomic E-state index is 12.5. The first-order valence-electron chi connectivity index (χ1n) is 8.99. The molecule has 1 aliphatic heterocycles. The van der Waals surface area contributed by atoms with E-state index < -0.39 is 12.1 Å². The van der Waals surface area contributed by atoms with Crippen LogP contribution in [-0.2, 0) is 9.59 Å². The average Bonchev–Trinajstić information content (AvgIpc) is 2.64. The Morgan fingerprint density at radius 3 is 2.61 bits per heavy atom. The number of amides is 2. The number of fused-ring (bicyclic) bond motifs is 1. The number of aryl methyl sites for hydroxylation is 2. The van der Waals surface area contributed by atoms with Crippen molar-refractivity contribution in [1.29, 1.82) is 0 Å². The van der Waals surface area contributed by atoms with E-state index >= 15 is 0 Å². The summed E-state index contributed by atoms with van der Waals surface area (Å²) in [6.45, 7) is 5.39. The summed E-state index contributed by atoms with van der Waals surface area (Å²) < 4.78 is 5.59. The van der Waals surface area contributed by atoms with Crippen molar-refractivity contribution in [3.8, 4) is 5.75 Å². The van der Waals surface area contributed by atoms with E-state index in [1.165, 1.54) is 6.07 Å². The first-order valence-corrected chi connectivity index (χ1v) is 8.99. The van der Waals surface area contributed by atoms with Crippen molar-refractivity contribution >= 4 is 29.2 Å². The number of anilines is 2. The molecule has 2 aromatic rings. The minimum atomic E-state index is -1.04. The van der Waals surface area contributed by atoms with Crippen molar-refractivity contribution < 1.29 is 24.2 Å². The van der Waals surface area contributed by atoms with E-state index in [4.69, 9.17) is 4.74 Å². The van der Waals surface area contributed by atoms with E-state index in [9.17, 15) is 19.5 Å². The molecule has 3 rings (SSSR count). The van der Waals surface area contributed by atoms with Gasteiger partial charge in [-0.3, -0.25) is 9.59 Å². The van der Waals surface area contributed by atoms with Gasteiger partial charge in [0.15, 0.2) is 6.10 Å². The molecule has 0 saturated carbocycles. The smallest absolute Gasteiger partial charge is 0.336 e. The maximum Gasteiger partial charge on any atom is 0.336 e. The lowest BCUT2D eigenvalue weighted by atomic mass is 10.0. The van der Waals surface area contributed by atoms with Crippen LogP contribution in [-0.4, -0.2) is 35.5 Å². The first-order chi connectivity index (χ1) is 13.3. The number of rotatable bonds is 5. The summed E-state index contributed by atoms with van der Waals surface area (Å²) in [5, 5.41) is 12.0. The summed E-state index contributed by atoms with van der Waals surface area (Å²) in [4.78, 5) is 37.8. The molecule has 1 unspecified atom stereocenters. The molecule has 0 aliphatic carbocycles. The quantitative estimate of drug-likeness (QED) is 0.828. The monoisotopic (exact) mass is 382 g/mol. The van der Waals surface area contributed by atoms with Crippen molar-refractivity contribution in [1.82, 2.24) is 0 Å². The van der Waals surface area contributed by atoms with Gasteiger partial charge < -0.3 is 20.1 Å². The Labute approximate surface area is 162 Å². The van der Waals surface area contributed by atoms with Crippen LogP contribution in [0.2, 0.25) is 0 Å². The minimum Gasteiger partial charge on any atom is -0.479 e. The van der Waals surface area contributed by atoms with Crippen LogP contribution in [0.5, 0.6) is 5.75 Å². The van der Waals surface area contributed by atoms with Crippen molar-refractivity contribution in [3.63, 3.8) is 0 Å². The highest BCUT2D eigenvalue weighted by Gasteiger charge is 2.31. The highest BCUT2D eigenvalue weighted by Crippen LogP contribution is 2.33. The van der Waals surface area contributed by atoms with Gasteiger partial charge in [-0.15, -0.1) is 0 Å². The third kappa shape index (κ3) is 3.83. The lowest BCUT2D eigenvalue weighted by Gasteiger charge is -2.32. The Hall–Kier alpha value is -3.35. The number of nitrogens with one attached hydrogen (secondary N) is 1. The Kier molecular flexibility index (Phi) is 5.35. The number of benzene rings is 2. The maximum absolute atomic E-state index is 12.5. The summed E-state index contributed by atoms with van der Waals surface area (Å²) in [6, 6.07) is 10.4. The first kappa shape index (κ1) is 19.4. The van der Waals surface area contributed by atoms with Gasteiger partial charge in [0.2, 0.25) is 5.91 Å². The van der Waals surface area contributed by atoms with Crippen molar-refractivity contribution in [2.24, 2.45) is 0 Å². The molecular formula is C21H22N2O5. The van der Waals surface area contributed by atoms with Crippen LogP contribution < -0.4 is 15.0 Å². The minimum absolute atomic E-state index is 0.0719. The fraction of sp³-hybridized carbons (Fsp3) is 0.286. The fourth-order valence-electron chi connectivity index (χ4n) is 3.23. The standard InChI is InChI=1S/C21H22N2O5/c1-12-10-13(2)16(11-15(12)21(26)27)22-19(24)8-9-23-17-6-4-5-7-18(17)28-14(3)20(23)25/h4-7,10-11,14H,8-9H2,1-3H3,(H,22,24)(H,26,27). The summed E-state index contributed by atoms with van der Waals surface area (Å²) >= 11 is 0. The van der Waals surface area contributed by atoms with Crippen molar-refractivity contribution in [2.45, 2.75) is 33.3 Å². The molecule has 0 bridgehead atoms. The number of ether oxygens (including phenoxy) is 1. The van der Waals surface area contributed by atoms with Crippen LogP contribution in [0.25, 0.3) is 0 Å². The van der Waals surface area contributed by atoms with E-state index in [1.54, 1.807) is 43.9 Å². The fourth-order valence-corrected chi connectivity index (χ4v) is 3.23. The van der Waals surface area contributed by atoms with Crippen LogP contribution in [0.4, 0.5) is 11.4 Å². The molecule has 0 spiro atoms. The van der Waals surface area contributed by atoms with Crippen LogP contribution in [0.1, 0.15) is 34.8 Å². The molecule has 0 fully saturated rings. The molecule has 1 atom stereocenters. The molecular weight excluding hydrogens is 360 g/mol. The normalized spacial score (nSPS) is 15.6. The van der Waals surface area contributed by atoms with Gasteiger partial charge in [0.25, 0.3) is 5.91 Å². The van der Waals surface area contributed by atoms with E-state index in [1.807, 2.05) is 12.1 Å². The number of para-hydroxylation sites is 2.